The van der Waals surface area contributed by atoms with Crippen molar-refractivity contribution >= 4 is 10.9 Å². The van der Waals surface area contributed by atoms with E-state index in [2.05, 4.69) is 29.2 Å². The Balaban J connectivity index is 1.86. The molecule has 0 bridgehead atoms. The molecule has 0 spiro atoms. The average Bonchev–Trinajstić information content (AvgIpc) is 2.67. The second-order valence-corrected chi connectivity index (χ2v) is 5.75. The van der Waals surface area contributed by atoms with Gasteiger partial charge in [-0.25, -0.2) is 0 Å². The average molecular weight is 225 g/mol. The van der Waals surface area contributed by atoms with Gasteiger partial charge in [-0.2, -0.15) is 0 Å². The minimum Gasteiger partial charge on any atom is -0.358 e. The maximum Gasteiger partial charge on any atom is 0.0459 e. The largest absolute Gasteiger partial charge is 0.358 e. The Morgan fingerprint density at radius 2 is 1.88 bits per heavy atom. The molecule has 1 heteroatoms. The molecule has 2 aliphatic carbocycles. The highest BCUT2D eigenvalue weighted by Crippen LogP contribution is 2.46. The molecule has 2 aromatic rings. The maximum atomic E-state index is 3.72. The van der Waals surface area contributed by atoms with Crippen LogP contribution in [0.4, 0.5) is 0 Å². The van der Waals surface area contributed by atoms with Gasteiger partial charge in [-0.05, 0) is 49.7 Å². The highest BCUT2D eigenvalue weighted by molar-refractivity contribution is 5.85. The summed E-state index contributed by atoms with van der Waals surface area (Å²) in [6.07, 6.45) is 8.44. The molecule has 1 saturated carbocycles. The number of nitrogens with one attached hydrogen (secondary N) is 1. The SMILES string of the molecule is c1ccc2c3c([nH]c2c1)C(C1CCC1)CCC3. The zero-order valence-corrected chi connectivity index (χ0v) is 10.2. The quantitative estimate of drug-likeness (QED) is 0.741. The Kier molecular flexibility index (Phi) is 2.08. The summed E-state index contributed by atoms with van der Waals surface area (Å²) < 4.78 is 0. The predicted molar refractivity (Wildman–Crippen MR) is 71.3 cm³/mol. The van der Waals surface area contributed by atoms with Gasteiger partial charge < -0.3 is 4.98 Å². The maximum absolute atomic E-state index is 3.72. The molecule has 0 amide bonds. The Morgan fingerprint density at radius 1 is 1.00 bits per heavy atom. The molecule has 17 heavy (non-hydrogen) atoms. The first kappa shape index (κ1) is 9.76. The summed E-state index contributed by atoms with van der Waals surface area (Å²) >= 11 is 0. The molecular formula is C16H19N. The van der Waals surface area contributed by atoms with E-state index in [0.29, 0.717) is 0 Å². The van der Waals surface area contributed by atoms with Crippen LogP contribution in [0.2, 0.25) is 0 Å². The molecule has 1 aromatic carbocycles. The molecule has 1 unspecified atom stereocenters. The zero-order valence-electron chi connectivity index (χ0n) is 10.2. The van der Waals surface area contributed by atoms with Crippen LogP contribution in [0.15, 0.2) is 24.3 Å². The summed E-state index contributed by atoms with van der Waals surface area (Å²) in [5, 5.41) is 1.48. The van der Waals surface area contributed by atoms with Crippen molar-refractivity contribution in [3.8, 4) is 0 Å². The molecule has 1 nitrogen and oxygen atoms in total. The molecule has 1 heterocycles. The van der Waals surface area contributed by atoms with E-state index in [1.54, 1.807) is 11.3 Å². The number of fused-ring (bicyclic) bond motifs is 3. The van der Waals surface area contributed by atoms with Crippen molar-refractivity contribution in [2.45, 2.75) is 44.4 Å². The van der Waals surface area contributed by atoms with E-state index in [4.69, 9.17) is 0 Å². The summed E-state index contributed by atoms with van der Waals surface area (Å²) in [6, 6.07) is 8.82. The lowest BCUT2D eigenvalue weighted by molar-refractivity contribution is 0.240. The normalized spacial score (nSPS) is 24.6. The van der Waals surface area contributed by atoms with Crippen molar-refractivity contribution < 1.29 is 0 Å². The van der Waals surface area contributed by atoms with Crippen LogP contribution in [-0.4, -0.2) is 4.98 Å². The van der Waals surface area contributed by atoms with Crippen molar-refractivity contribution in [2.24, 2.45) is 5.92 Å². The molecule has 1 aromatic heterocycles. The number of rotatable bonds is 1. The van der Waals surface area contributed by atoms with Crippen LogP contribution in [0.5, 0.6) is 0 Å². The molecule has 4 rings (SSSR count). The first-order chi connectivity index (χ1) is 8.43. The van der Waals surface area contributed by atoms with E-state index in [0.717, 1.165) is 11.8 Å². The van der Waals surface area contributed by atoms with E-state index in [-0.39, 0.29) is 0 Å². The van der Waals surface area contributed by atoms with E-state index >= 15 is 0 Å². The fourth-order valence-corrected chi connectivity index (χ4v) is 3.76. The molecular weight excluding hydrogens is 206 g/mol. The molecule has 1 fully saturated rings. The number of H-pyrrole nitrogens is 1. The summed E-state index contributed by atoms with van der Waals surface area (Å²) in [5.74, 6) is 1.81. The number of para-hydroxylation sites is 1. The van der Waals surface area contributed by atoms with Crippen LogP contribution < -0.4 is 0 Å². The van der Waals surface area contributed by atoms with Gasteiger partial charge in [-0.1, -0.05) is 24.6 Å². The number of benzene rings is 1. The first-order valence-corrected chi connectivity index (χ1v) is 7.03. The van der Waals surface area contributed by atoms with Crippen molar-refractivity contribution in [2.75, 3.05) is 0 Å². The van der Waals surface area contributed by atoms with Gasteiger partial charge in [0.05, 0.1) is 0 Å². The van der Waals surface area contributed by atoms with Gasteiger partial charge in [-0.3, -0.25) is 0 Å². The van der Waals surface area contributed by atoms with Crippen molar-refractivity contribution in [3.63, 3.8) is 0 Å². The zero-order chi connectivity index (χ0) is 11.2. The summed E-state index contributed by atoms with van der Waals surface area (Å²) in [7, 11) is 0. The van der Waals surface area contributed by atoms with E-state index in [1.807, 2.05) is 0 Å². The third-order valence-electron chi connectivity index (χ3n) is 4.88. The highest BCUT2D eigenvalue weighted by atomic mass is 14.7. The van der Waals surface area contributed by atoms with Gasteiger partial charge >= 0.3 is 0 Å². The third-order valence-corrected chi connectivity index (χ3v) is 4.88. The van der Waals surface area contributed by atoms with Crippen LogP contribution in [0, 0.1) is 5.92 Å². The van der Waals surface area contributed by atoms with Gasteiger partial charge in [0.2, 0.25) is 0 Å². The molecule has 1 N–H and O–H groups in total. The van der Waals surface area contributed by atoms with Gasteiger partial charge in [0, 0.05) is 22.5 Å². The minimum absolute atomic E-state index is 0.833. The monoisotopic (exact) mass is 225 g/mol. The number of aryl methyl sites for hydroxylation is 1. The Morgan fingerprint density at radius 3 is 2.71 bits per heavy atom. The molecule has 0 radical (unpaired) electrons. The third kappa shape index (κ3) is 1.38. The molecule has 0 saturated heterocycles. The molecule has 88 valence electrons. The fourth-order valence-electron chi connectivity index (χ4n) is 3.76. The fraction of sp³-hybridized carbons (Fsp3) is 0.500. The lowest BCUT2D eigenvalue weighted by atomic mass is 9.70. The lowest BCUT2D eigenvalue weighted by Crippen LogP contribution is -2.23. The minimum atomic E-state index is 0.833. The van der Waals surface area contributed by atoms with E-state index in [9.17, 15) is 0 Å². The number of hydrogen-bond donors (Lipinski definition) is 1. The lowest BCUT2D eigenvalue weighted by Gasteiger charge is -2.36. The van der Waals surface area contributed by atoms with Crippen molar-refractivity contribution in [3.05, 3.63) is 35.5 Å². The predicted octanol–water partition coefficient (Wildman–Crippen LogP) is 4.39. The van der Waals surface area contributed by atoms with Crippen molar-refractivity contribution in [1.82, 2.24) is 4.98 Å². The number of hydrogen-bond acceptors (Lipinski definition) is 0. The van der Waals surface area contributed by atoms with Crippen LogP contribution >= 0.6 is 0 Å². The Bertz CT molecular complexity index is 548. The van der Waals surface area contributed by atoms with Crippen LogP contribution in [0.25, 0.3) is 10.9 Å². The Labute approximate surface area is 102 Å². The van der Waals surface area contributed by atoms with Gasteiger partial charge in [-0.15, -0.1) is 0 Å². The topological polar surface area (TPSA) is 15.8 Å². The van der Waals surface area contributed by atoms with Crippen LogP contribution in [0.1, 0.15) is 49.3 Å². The smallest absolute Gasteiger partial charge is 0.0459 e. The van der Waals surface area contributed by atoms with Crippen molar-refractivity contribution in [1.29, 1.82) is 0 Å². The molecule has 2 aliphatic rings. The van der Waals surface area contributed by atoms with E-state index in [1.165, 1.54) is 49.4 Å². The second-order valence-electron chi connectivity index (χ2n) is 5.75. The molecule has 0 aliphatic heterocycles. The summed E-state index contributed by atoms with van der Waals surface area (Å²) in [5.41, 5.74) is 4.56. The van der Waals surface area contributed by atoms with E-state index < -0.39 is 0 Å². The second kappa shape index (κ2) is 3.63. The number of aromatic amines is 1. The van der Waals surface area contributed by atoms with Gasteiger partial charge in [0.25, 0.3) is 0 Å². The standard InChI is InChI=1S/C16H19N/c1-2-10-15-13(7-1)14-9-4-8-12(16(14)17-15)11-5-3-6-11/h1-2,7,10-12,17H,3-6,8-9H2. The van der Waals surface area contributed by atoms with Crippen LogP contribution in [0.3, 0.4) is 0 Å². The molecule has 1 atom stereocenters. The van der Waals surface area contributed by atoms with Gasteiger partial charge in [0.1, 0.15) is 0 Å². The van der Waals surface area contributed by atoms with Crippen LogP contribution in [-0.2, 0) is 6.42 Å². The summed E-state index contributed by atoms with van der Waals surface area (Å²) in [4.78, 5) is 3.72. The summed E-state index contributed by atoms with van der Waals surface area (Å²) in [6.45, 7) is 0. The Hall–Kier alpha value is -1.24. The highest BCUT2D eigenvalue weighted by Gasteiger charge is 2.33. The first-order valence-electron chi connectivity index (χ1n) is 7.03. The van der Waals surface area contributed by atoms with Gasteiger partial charge in [0.15, 0.2) is 0 Å². The number of aromatic nitrogens is 1.